The topological polar surface area (TPSA) is 108 Å². The molecule has 2 amide bonds. The summed E-state index contributed by atoms with van der Waals surface area (Å²) in [6, 6.07) is 22.7. The van der Waals surface area contributed by atoms with Crippen LogP contribution in [-0.2, 0) is 11.3 Å². The molecule has 8 nitrogen and oxygen atoms in total. The molecule has 8 heteroatoms. The van der Waals surface area contributed by atoms with Gasteiger partial charge in [-0.1, -0.05) is 43.2 Å². The first-order valence-corrected chi connectivity index (χ1v) is 13.1. The van der Waals surface area contributed by atoms with Gasteiger partial charge in [0, 0.05) is 30.3 Å². The van der Waals surface area contributed by atoms with Gasteiger partial charge in [0.05, 0.1) is 29.2 Å². The number of nitriles is 1. The van der Waals surface area contributed by atoms with E-state index < -0.39 is 5.91 Å². The Labute approximate surface area is 226 Å². The van der Waals surface area contributed by atoms with Gasteiger partial charge in [-0.2, -0.15) is 5.26 Å². The van der Waals surface area contributed by atoms with Crippen LogP contribution >= 0.6 is 0 Å². The van der Waals surface area contributed by atoms with Crippen LogP contribution in [0.3, 0.4) is 0 Å². The molecule has 0 bridgehead atoms. The summed E-state index contributed by atoms with van der Waals surface area (Å²) in [5.74, 6) is 0.190. The highest BCUT2D eigenvalue weighted by Gasteiger charge is 2.23. The maximum atomic E-state index is 13.1. The van der Waals surface area contributed by atoms with Gasteiger partial charge in [0.1, 0.15) is 0 Å². The van der Waals surface area contributed by atoms with Crippen molar-refractivity contribution in [3.05, 3.63) is 89.5 Å². The standard InChI is InChI=1S/C31H29N5O3/c1-35(29(38)17-21-7-5-6-8-21)25-15-16-27-26(18-25)33-31(34-30(39)24-13-11-22(19-32)12-14-24)36(27)20-28(37)23-9-3-2-4-10-23/h2-4,9-16,18,21H,5-8,17,20H2,1H3,(H,33,34,39). The number of rotatable bonds is 8. The number of benzene rings is 3. The number of carbonyl (C=O) groups excluding carboxylic acids is 3. The van der Waals surface area contributed by atoms with Crippen molar-refractivity contribution < 1.29 is 14.4 Å². The Kier molecular flexibility index (Phi) is 7.50. The highest BCUT2D eigenvalue weighted by atomic mass is 16.2. The fourth-order valence-corrected chi connectivity index (χ4v) is 5.05. The third-order valence-corrected chi connectivity index (χ3v) is 7.33. The van der Waals surface area contributed by atoms with Crippen molar-refractivity contribution in [1.29, 1.82) is 5.26 Å². The summed E-state index contributed by atoms with van der Waals surface area (Å²) in [7, 11) is 1.77. The highest BCUT2D eigenvalue weighted by Crippen LogP contribution is 2.30. The zero-order valence-electron chi connectivity index (χ0n) is 21.8. The molecule has 1 fully saturated rings. The minimum absolute atomic E-state index is 0.0285. The van der Waals surface area contributed by atoms with Gasteiger partial charge in [-0.05, 0) is 61.2 Å². The number of aromatic nitrogens is 2. The second kappa shape index (κ2) is 11.3. The van der Waals surface area contributed by atoms with E-state index in [9.17, 15) is 14.4 Å². The SMILES string of the molecule is CN(C(=O)CC1CCCC1)c1ccc2c(c1)nc(NC(=O)c1ccc(C#N)cc1)n2CC(=O)c1ccccc1. The molecule has 4 aromatic rings. The van der Waals surface area contributed by atoms with Crippen LogP contribution in [0.1, 0.15) is 58.4 Å². The highest BCUT2D eigenvalue weighted by molar-refractivity contribution is 6.05. The third-order valence-electron chi connectivity index (χ3n) is 7.33. The Morgan fingerprint density at radius 3 is 2.41 bits per heavy atom. The molecule has 1 aliphatic rings. The molecule has 0 spiro atoms. The molecule has 5 rings (SSSR count). The van der Waals surface area contributed by atoms with Crippen molar-refractivity contribution in [2.45, 2.75) is 38.6 Å². The number of imidazole rings is 1. The van der Waals surface area contributed by atoms with Crippen molar-refractivity contribution in [3.8, 4) is 6.07 Å². The predicted octanol–water partition coefficient (Wildman–Crippen LogP) is 5.59. The van der Waals surface area contributed by atoms with Crippen LogP contribution in [0.2, 0.25) is 0 Å². The number of nitrogens with zero attached hydrogens (tertiary/aromatic N) is 4. The minimum atomic E-state index is -0.410. The molecule has 0 unspecified atom stereocenters. The van der Waals surface area contributed by atoms with E-state index in [1.807, 2.05) is 30.3 Å². The molecular weight excluding hydrogens is 490 g/mol. The lowest BCUT2D eigenvalue weighted by atomic mass is 10.0. The van der Waals surface area contributed by atoms with Crippen LogP contribution < -0.4 is 10.2 Å². The lowest BCUT2D eigenvalue weighted by Crippen LogP contribution is -2.27. The Hall–Kier alpha value is -4.77. The van der Waals surface area contributed by atoms with Crippen molar-refractivity contribution in [1.82, 2.24) is 9.55 Å². The number of nitrogens with one attached hydrogen (secondary N) is 1. The normalized spacial score (nSPS) is 13.2. The number of anilines is 2. The fourth-order valence-electron chi connectivity index (χ4n) is 5.05. The van der Waals surface area contributed by atoms with E-state index >= 15 is 0 Å². The van der Waals surface area contributed by atoms with E-state index in [-0.39, 0.29) is 24.2 Å². The zero-order valence-corrected chi connectivity index (χ0v) is 21.8. The Balaban J connectivity index is 1.46. The molecule has 0 atom stereocenters. The average Bonchev–Trinajstić information content (AvgIpc) is 3.60. The molecule has 39 heavy (non-hydrogen) atoms. The monoisotopic (exact) mass is 519 g/mol. The molecule has 1 saturated carbocycles. The summed E-state index contributed by atoms with van der Waals surface area (Å²) in [6.45, 7) is -0.0285. The molecule has 3 aromatic carbocycles. The minimum Gasteiger partial charge on any atom is -0.315 e. The second-order valence-electron chi connectivity index (χ2n) is 9.93. The van der Waals surface area contributed by atoms with Crippen molar-refractivity contribution in [2.75, 3.05) is 17.3 Å². The van der Waals surface area contributed by atoms with Gasteiger partial charge in [-0.3, -0.25) is 19.7 Å². The summed E-state index contributed by atoms with van der Waals surface area (Å²) in [6.07, 6.45) is 5.09. The number of carbonyl (C=O) groups is 3. The number of hydrogen-bond donors (Lipinski definition) is 1. The van der Waals surface area contributed by atoms with Gasteiger partial charge in [0.25, 0.3) is 5.91 Å². The zero-order chi connectivity index (χ0) is 27.4. The Bertz CT molecular complexity index is 1560. The largest absolute Gasteiger partial charge is 0.315 e. The number of amides is 2. The van der Waals surface area contributed by atoms with Crippen LogP contribution in [0.4, 0.5) is 11.6 Å². The van der Waals surface area contributed by atoms with E-state index in [4.69, 9.17) is 5.26 Å². The molecular formula is C31H29N5O3. The molecule has 196 valence electrons. The number of ketones is 1. The summed E-state index contributed by atoms with van der Waals surface area (Å²) >= 11 is 0. The van der Waals surface area contributed by atoms with E-state index in [2.05, 4.69) is 10.3 Å². The molecule has 0 aliphatic heterocycles. The first-order chi connectivity index (χ1) is 18.9. The van der Waals surface area contributed by atoms with E-state index in [0.29, 0.717) is 45.7 Å². The summed E-state index contributed by atoms with van der Waals surface area (Å²) in [5.41, 5.74) is 3.29. The first kappa shape index (κ1) is 25.9. The predicted molar refractivity (Wildman–Crippen MR) is 150 cm³/mol. The fraction of sp³-hybridized carbons (Fsp3) is 0.258. The molecule has 1 N–H and O–H groups in total. The van der Waals surface area contributed by atoms with E-state index in [0.717, 1.165) is 12.8 Å². The van der Waals surface area contributed by atoms with Gasteiger partial charge in [0.2, 0.25) is 11.9 Å². The van der Waals surface area contributed by atoms with Gasteiger partial charge in [0.15, 0.2) is 5.78 Å². The van der Waals surface area contributed by atoms with Gasteiger partial charge in [-0.25, -0.2) is 4.98 Å². The van der Waals surface area contributed by atoms with Crippen molar-refractivity contribution in [2.24, 2.45) is 5.92 Å². The van der Waals surface area contributed by atoms with Crippen molar-refractivity contribution >= 4 is 40.3 Å². The second-order valence-corrected chi connectivity index (χ2v) is 9.93. The van der Waals surface area contributed by atoms with Gasteiger partial charge >= 0.3 is 0 Å². The Morgan fingerprint density at radius 1 is 1.00 bits per heavy atom. The number of fused-ring (bicyclic) bond motifs is 1. The van der Waals surface area contributed by atoms with Gasteiger partial charge in [-0.15, -0.1) is 0 Å². The van der Waals surface area contributed by atoms with Crippen LogP contribution in [0.15, 0.2) is 72.8 Å². The third kappa shape index (κ3) is 5.73. The van der Waals surface area contributed by atoms with Crippen LogP contribution in [0.5, 0.6) is 0 Å². The molecule has 0 saturated heterocycles. The smallest absolute Gasteiger partial charge is 0.257 e. The van der Waals surface area contributed by atoms with E-state index in [1.54, 1.807) is 65.0 Å². The number of hydrogen-bond acceptors (Lipinski definition) is 5. The van der Waals surface area contributed by atoms with Gasteiger partial charge < -0.3 is 9.47 Å². The van der Waals surface area contributed by atoms with Crippen molar-refractivity contribution in [3.63, 3.8) is 0 Å². The first-order valence-electron chi connectivity index (χ1n) is 13.1. The number of Topliss-reactive ketones (excluding diaryl/α,β-unsaturated/α-hetero) is 1. The van der Waals surface area contributed by atoms with Crippen LogP contribution in [0.25, 0.3) is 11.0 Å². The summed E-state index contributed by atoms with van der Waals surface area (Å²) in [5, 5.41) is 11.9. The molecule has 1 aromatic heterocycles. The maximum absolute atomic E-state index is 13.1. The molecule has 0 radical (unpaired) electrons. The quantitative estimate of drug-likeness (QED) is 0.306. The average molecular weight is 520 g/mol. The summed E-state index contributed by atoms with van der Waals surface area (Å²) < 4.78 is 1.68. The lowest BCUT2D eigenvalue weighted by Gasteiger charge is -2.19. The molecule has 1 heterocycles. The summed E-state index contributed by atoms with van der Waals surface area (Å²) in [4.78, 5) is 45.4. The van der Waals surface area contributed by atoms with Crippen LogP contribution in [0, 0.1) is 17.2 Å². The molecule has 1 aliphatic carbocycles. The van der Waals surface area contributed by atoms with E-state index in [1.165, 1.54) is 12.8 Å². The Morgan fingerprint density at radius 2 is 1.72 bits per heavy atom. The maximum Gasteiger partial charge on any atom is 0.257 e. The lowest BCUT2D eigenvalue weighted by molar-refractivity contribution is -0.119. The van der Waals surface area contributed by atoms with Crippen LogP contribution in [-0.4, -0.2) is 34.2 Å².